The smallest absolute Gasteiger partial charge is 0.174 e. The normalized spacial score (nSPS) is 48.7. The van der Waals surface area contributed by atoms with E-state index >= 15 is 0 Å². The predicted octanol–water partition coefficient (Wildman–Crippen LogP) is 4.52. The first-order valence-electron chi connectivity index (χ1n) is 12.7. The van der Waals surface area contributed by atoms with Crippen molar-refractivity contribution in [3.63, 3.8) is 0 Å². The number of fused-ring (bicyclic) bond motifs is 6. The SMILES string of the molecule is CCON=C1C[C@@H]2[C@H](CC[C@@]3(C)[C@H]2CCC32OCCO2)[C@@]2(C)CCC3(CC12)OCCO3. The zero-order valence-corrected chi connectivity index (χ0v) is 19.5. The number of oxime groups is 1. The van der Waals surface area contributed by atoms with Gasteiger partial charge in [-0.25, -0.2) is 0 Å². The third-order valence-corrected chi connectivity index (χ3v) is 10.4. The number of hydrogen-bond acceptors (Lipinski definition) is 6. The summed E-state index contributed by atoms with van der Waals surface area (Å²) in [4.78, 5) is 5.68. The lowest BCUT2D eigenvalue weighted by molar-refractivity contribution is -0.249. The molecule has 6 nitrogen and oxygen atoms in total. The van der Waals surface area contributed by atoms with Gasteiger partial charge in [0.2, 0.25) is 0 Å². The summed E-state index contributed by atoms with van der Waals surface area (Å²) in [6, 6.07) is 0. The fourth-order valence-electron chi connectivity index (χ4n) is 8.89. The molecule has 6 aliphatic rings. The Hall–Kier alpha value is -0.690. The van der Waals surface area contributed by atoms with Crippen LogP contribution in [0.4, 0.5) is 0 Å². The maximum Gasteiger partial charge on any atom is 0.174 e. The summed E-state index contributed by atoms with van der Waals surface area (Å²) in [5, 5.41) is 4.75. The highest BCUT2D eigenvalue weighted by Gasteiger charge is 2.68. The Morgan fingerprint density at radius 1 is 0.903 bits per heavy atom. The molecule has 6 fully saturated rings. The van der Waals surface area contributed by atoms with Gasteiger partial charge < -0.3 is 23.8 Å². The van der Waals surface area contributed by atoms with Crippen LogP contribution < -0.4 is 0 Å². The van der Waals surface area contributed by atoms with E-state index in [-0.39, 0.29) is 16.6 Å². The second-order valence-electron chi connectivity index (χ2n) is 11.4. The van der Waals surface area contributed by atoms with Crippen molar-refractivity contribution in [3.8, 4) is 0 Å². The van der Waals surface area contributed by atoms with E-state index in [4.69, 9.17) is 28.9 Å². The first-order valence-corrected chi connectivity index (χ1v) is 12.7. The molecule has 2 heterocycles. The van der Waals surface area contributed by atoms with Crippen LogP contribution in [0, 0.1) is 34.5 Å². The Balaban J connectivity index is 1.35. The van der Waals surface area contributed by atoms with E-state index in [1.165, 1.54) is 25.0 Å². The van der Waals surface area contributed by atoms with Gasteiger partial charge in [0.1, 0.15) is 6.61 Å². The molecular weight excluding hydrogens is 394 g/mol. The van der Waals surface area contributed by atoms with Gasteiger partial charge in [-0.2, -0.15) is 0 Å². The molecule has 2 spiro atoms. The van der Waals surface area contributed by atoms with Gasteiger partial charge in [-0.15, -0.1) is 0 Å². The summed E-state index contributed by atoms with van der Waals surface area (Å²) in [7, 11) is 0. The van der Waals surface area contributed by atoms with Crippen molar-refractivity contribution in [2.24, 2.45) is 39.7 Å². The minimum Gasteiger partial charge on any atom is -0.396 e. The number of nitrogens with zero attached hydrogens (tertiary/aromatic N) is 1. The molecule has 0 amide bonds. The maximum absolute atomic E-state index is 6.33. The third-order valence-electron chi connectivity index (χ3n) is 10.4. The topological polar surface area (TPSA) is 58.5 Å². The highest BCUT2D eigenvalue weighted by Crippen LogP contribution is 2.69. The van der Waals surface area contributed by atoms with Crippen LogP contribution in [0.25, 0.3) is 0 Å². The molecule has 4 aliphatic carbocycles. The molecular formula is C25H39NO5. The summed E-state index contributed by atoms with van der Waals surface area (Å²) in [5.74, 6) is 1.61. The fraction of sp³-hybridized carbons (Fsp3) is 0.960. The molecule has 1 unspecified atom stereocenters. The molecule has 174 valence electrons. The maximum atomic E-state index is 6.33. The van der Waals surface area contributed by atoms with Crippen LogP contribution >= 0.6 is 0 Å². The molecule has 2 aliphatic heterocycles. The van der Waals surface area contributed by atoms with Crippen LogP contribution in [-0.4, -0.2) is 50.3 Å². The van der Waals surface area contributed by atoms with Crippen molar-refractivity contribution in [2.45, 2.75) is 83.7 Å². The minimum atomic E-state index is -0.393. The van der Waals surface area contributed by atoms with Crippen LogP contribution in [0.15, 0.2) is 5.16 Å². The van der Waals surface area contributed by atoms with E-state index in [0.29, 0.717) is 30.3 Å². The Kier molecular flexibility index (Phi) is 4.82. The standard InChI is InChI=1S/C25H39NO5/c1-4-31-26-21-15-17-18(22(2)9-10-24(16-20(21)22)27-11-12-28-24)5-7-23(3)19(17)6-8-25(23)29-13-14-30-25/h17-20H,4-16H2,1-3H3/t17-,18+,19+,20?,22-,23+/m1/s1. The van der Waals surface area contributed by atoms with E-state index in [9.17, 15) is 0 Å². The molecule has 4 saturated carbocycles. The van der Waals surface area contributed by atoms with E-state index in [1.807, 2.05) is 6.92 Å². The molecule has 6 rings (SSSR count). The zero-order chi connectivity index (χ0) is 21.3. The van der Waals surface area contributed by atoms with Crippen molar-refractivity contribution in [1.29, 1.82) is 0 Å². The van der Waals surface area contributed by atoms with Crippen molar-refractivity contribution in [3.05, 3.63) is 0 Å². The van der Waals surface area contributed by atoms with Gasteiger partial charge in [0.25, 0.3) is 0 Å². The van der Waals surface area contributed by atoms with E-state index in [0.717, 1.165) is 58.5 Å². The van der Waals surface area contributed by atoms with Gasteiger partial charge in [0.05, 0.1) is 32.1 Å². The Morgan fingerprint density at radius 2 is 1.61 bits per heavy atom. The highest BCUT2D eigenvalue weighted by atomic mass is 16.7. The lowest BCUT2D eigenvalue weighted by atomic mass is 9.44. The number of ether oxygens (including phenoxy) is 4. The fourth-order valence-corrected chi connectivity index (χ4v) is 8.89. The van der Waals surface area contributed by atoms with Gasteiger partial charge >= 0.3 is 0 Å². The highest BCUT2D eigenvalue weighted by molar-refractivity contribution is 5.88. The van der Waals surface area contributed by atoms with Gasteiger partial charge in [-0.05, 0) is 62.2 Å². The van der Waals surface area contributed by atoms with Crippen molar-refractivity contribution < 1.29 is 23.8 Å². The Labute approximate surface area is 186 Å². The average Bonchev–Trinajstić information content (AvgIpc) is 3.49. The van der Waals surface area contributed by atoms with Gasteiger partial charge in [0, 0.05) is 30.6 Å². The van der Waals surface area contributed by atoms with Crippen LogP contribution in [0.2, 0.25) is 0 Å². The van der Waals surface area contributed by atoms with Crippen LogP contribution in [0.1, 0.15) is 72.1 Å². The molecule has 2 saturated heterocycles. The van der Waals surface area contributed by atoms with Crippen LogP contribution in [0.5, 0.6) is 0 Å². The van der Waals surface area contributed by atoms with E-state index in [1.54, 1.807) is 0 Å². The molecule has 31 heavy (non-hydrogen) atoms. The largest absolute Gasteiger partial charge is 0.396 e. The third kappa shape index (κ3) is 2.80. The van der Waals surface area contributed by atoms with E-state index < -0.39 is 5.79 Å². The first kappa shape index (κ1) is 20.9. The van der Waals surface area contributed by atoms with Gasteiger partial charge in [-0.3, -0.25) is 0 Å². The molecule has 6 heteroatoms. The second-order valence-corrected chi connectivity index (χ2v) is 11.4. The summed E-state index contributed by atoms with van der Waals surface area (Å²) in [6.07, 6.45) is 8.83. The molecule has 0 aromatic carbocycles. The van der Waals surface area contributed by atoms with Crippen LogP contribution in [-0.2, 0) is 23.8 Å². The zero-order valence-electron chi connectivity index (χ0n) is 19.5. The summed E-state index contributed by atoms with van der Waals surface area (Å²) < 4.78 is 25.0. The molecule has 0 aromatic heterocycles. The van der Waals surface area contributed by atoms with E-state index in [2.05, 4.69) is 13.8 Å². The quantitative estimate of drug-likeness (QED) is 0.600. The molecule has 6 atom stereocenters. The number of rotatable bonds is 2. The molecule has 0 aromatic rings. The second kappa shape index (κ2) is 7.15. The van der Waals surface area contributed by atoms with Gasteiger partial charge in [0.15, 0.2) is 11.6 Å². The molecule has 0 N–H and O–H groups in total. The lowest BCUT2D eigenvalue weighted by Crippen LogP contribution is -2.60. The Bertz CT molecular complexity index is 742. The molecule has 0 bridgehead atoms. The lowest BCUT2D eigenvalue weighted by Gasteiger charge is -2.62. The van der Waals surface area contributed by atoms with Crippen molar-refractivity contribution in [2.75, 3.05) is 33.0 Å². The van der Waals surface area contributed by atoms with Crippen molar-refractivity contribution >= 4 is 5.71 Å². The predicted molar refractivity (Wildman–Crippen MR) is 115 cm³/mol. The molecule has 0 radical (unpaired) electrons. The average molecular weight is 434 g/mol. The monoisotopic (exact) mass is 433 g/mol. The van der Waals surface area contributed by atoms with Gasteiger partial charge in [-0.1, -0.05) is 19.0 Å². The summed E-state index contributed by atoms with van der Waals surface area (Å²) in [6.45, 7) is 10.6. The first-order chi connectivity index (χ1) is 15.0. The van der Waals surface area contributed by atoms with Crippen LogP contribution in [0.3, 0.4) is 0 Å². The Morgan fingerprint density at radius 3 is 2.35 bits per heavy atom. The summed E-state index contributed by atoms with van der Waals surface area (Å²) in [5.41, 5.74) is 1.59. The minimum absolute atomic E-state index is 0.109. The number of hydrogen-bond donors (Lipinski definition) is 0. The summed E-state index contributed by atoms with van der Waals surface area (Å²) >= 11 is 0. The van der Waals surface area contributed by atoms with Crippen molar-refractivity contribution in [1.82, 2.24) is 0 Å².